The van der Waals surface area contributed by atoms with E-state index in [4.69, 9.17) is 0 Å². The highest BCUT2D eigenvalue weighted by Gasteiger charge is 2.28. The van der Waals surface area contributed by atoms with Gasteiger partial charge in [-0.3, -0.25) is 9.69 Å². The Balaban J connectivity index is 0.00000560. The number of rotatable bonds is 12. The van der Waals surface area contributed by atoms with Crippen LogP contribution >= 0.6 is 23.7 Å². The number of likely N-dealkylation sites (N-methyl/N-ethyl adjacent to an activating group) is 1. The molecule has 1 amide bonds. The quantitative estimate of drug-likeness (QED) is 0.287. The van der Waals surface area contributed by atoms with E-state index in [1.807, 2.05) is 46.7 Å². The van der Waals surface area contributed by atoms with Crippen molar-refractivity contribution in [3.63, 3.8) is 0 Å². The number of nitrogens with zero attached hydrogens (tertiary/aromatic N) is 4. The summed E-state index contributed by atoms with van der Waals surface area (Å²) in [5, 5.41) is 0.379. The Hall–Kier alpha value is -2.09. The van der Waals surface area contributed by atoms with Crippen LogP contribution in [0.15, 0.2) is 52.3 Å². The van der Waals surface area contributed by atoms with Crippen LogP contribution in [0.5, 0.6) is 0 Å². The van der Waals surface area contributed by atoms with Crippen molar-refractivity contribution in [3.05, 3.63) is 48.0 Å². The summed E-state index contributed by atoms with van der Waals surface area (Å²) in [5.41, 5.74) is 0.647. The molecule has 13 heteroatoms. The molecule has 222 valence electrons. The van der Waals surface area contributed by atoms with Gasteiger partial charge in [0.15, 0.2) is 15.0 Å². The van der Waals surface area contributed by atoms with Gasteiger partial charge in [-0.15, -0.1) is 12.4 Å². The normalized spacial score (nSPS) is 12.5. The number of hydrogen-bond acceptors (Lipinski definition) is 8. The van der Waals surface area contributed by atoms with Crippen molar-refractivity contribution in [2.45, 2.75) is 37.5 Å². The van der Waals surface area contributed by atoms with Crippen LogP contribution in [-0.4, -0.2) is 83.5 Å². The number of sulfonamides is 1. The smallest absolute Gasteiger partial charge is 0.260 e. The molecule has 0 atom stereocenters. The average molecular weight is 631 g/mol. The van der Waals surface area contributed by atoms with Gasteiger partial charge in [-0.25, -0.2) is 21.8 Å². The Morgan fingerprint density at radius 3 is 1.98 bits per heavy atom. The predicted molar refractivity (Wildman–Crippen MR) is 165 cm³/mol. The lowest BCUT2D eigenvalue weighted by Crippen LogP contribution is -2.37. The predicted octanol–water partition coefficient (Wildman–Crippen LogP) is 4.63. The molecule has 0 fully saturated rings. The molecule has 0 saturated carbocycles. The van der Waals surface area contributed by atoms with Gasteiger partial charge in [0.1, 0.15) is 5.52 Å². The molecule has 0 aliphatic carbocycles. The summed E-state index contributed by atoms with van der Waals surface area (Å²) in [4.78, 5) is 22.0. The SMILES string of the molecule is CC(C)CN(CC(C)C)S(=O)(=O)c1ccc(C(=O)N(CCN(C)C)c2nc3c(S(C)(=O)=O)cccc3s2)cc1.Cl. The molecule has 1 heterocycles. The molecule has 0 unspecified atom stereocenters. The first-order chi connectivity index (χ1) is 18.1. The number of para-hydroxylation sites is 1. The van der Waals surface area contributed by atoms with Crippen LogP contribution in [0.2, 0.25) is 0 Å². The van der Waals surface area contributed by atoms with Crippen LogP contribution in [0.25, 0.3) is 10.2 Å². The number of hydrogen-bond donors (Lipinski definition) is 0. The number of amides is 1. The van der Waals surface area contributed by atoms with E-state index in [9.17, 15) is 21.6 Å². The van der Waals surface area contributed by atoms with Crippen molar-refractivity contribution in [1.29, 1.82) is 0 Å². The van der Waals surface area contributed by atoms with E-state index in [1.54, 1.807) is 12.1 Å². The van der Waals surface area contributed by atoms with Crippen LogP contribution in [-0.2, 0) is 19.9 Å². The van der Waals surface area contributed by atoms with Crippen molar-refractivity contribution in [1.82, 2.24) is 14.2 Å². The lowest BCUT2D eigenvalue weighted by atomic mass is 10.2. The zero-order valence-electron chi connectivity index (χ0n) is 24.0. The molecule has 0 N–H and O–H groups in total. The minimum Gasteiger partial charge on any atom is -0.308 e. The van der Waals surface area contributed by atoms with Gasteiger partial charge in [0.25, 0.3) is 5.91 Å². The zero-order valence-corrected chi connectivity index (χ0v) is 27.3. The Kier molecular flexibility index (Phi) is 11.7. The molecule has 0 aliphatic rings. The second kappa shape index (κ2) is 13.7. The number of benzene rings is 2. The molecule has 0 bridgehead atoms. The van der Waals surface area contributed by atoms with Gasteiger partial charge < -0.3 is 4.90 Å². The summed E-state index contributed by atoms with van der Waals surface area (Å²) in [7, 11) is -3.46. The average Bonchev–Trinajstić information content (AvgIpc) is 3.26. The first-order valence-electron chi connectivity index (χ1n) is 12.8. The minimum absolute atomic E-state index is 0. The van der Waals surface area contributed by atoms with Gasteiger partial charge in [-0.2, -0.15) is 4.31 Å². The highest BCUT2D eigenvalue weighted by molar-refractivity contribution is 7.91. The fourth-order valence-electron chi connectivity index (χ4n) is 4.07. The number of fused-ring (bicyclic) bond motifs is 1. The third-order valence-corrected chi connectivity index (χ3v) is 9.91. The highest BCUT2D eigenvalue weighted by Crippen LogP contribution is 2.33. The van der Waals surface area contributed by atoms with Gasteiger partial charge in [0.2, 0.25) is 10.0 Å². The number of anilines is 1. The topological polar surface area (TPSA) is 108 Å². The molecule has 0 aliphatic heterocycles. The summed E-state index contributed by atoms with van der Waals surface area (Å²) >= 11 is 1.24. The van der Waals surface area contributed by atoms with Crippen LogP contribution in [0.3, 0.4) is 0 Å². The summed E-state index contributed by atoms with van der Waals surface area (Å²) in [6.07, 6.45) is 1.13. The maximum absolute atomic E-state index is 13.7. The van der Waals surface area contributed by atoms with Crippen LogP contribution < -0.4 is 4.90 Å². The monoisotopic (exact) mass is 630 g/mol. The van der Waals surface area contributed by atoms with Gasteiger partial charge in [0.05, 0.1) is 14.5 Å². The minimum atomic E-state index is -3.73. The number of halogens is 1. The second-order valence-corrected chi connectivity index (χ2v) is 15.7. The summed E-state index contributed by atoms with van der Waals surface area (Å²) in [5.74, 6) is -0.00900. The van der Waals surface area contributed by atoms with Crippen molar-refractivity contribution in [3.8, 4) is 0 Å². The summed E-state index contributed by atoms with van der Waals surface area (Å²) < 4.78 is 53.6. The van der Waals surface area contributed by atoms with Gasteiger partial charge >= 0.3 is 0 Å². The maximum atomic E-state index is 13.7. The summed E-state index contributed by atoms with van der Waals surface area (Å²) in [6, 6.07) is 10.9. The first-order valence-corrected chi connectivity index (χ1v) is 16.9. The molecule has 3 aromatic rings. The fraction of sp³-hybridized carbons (Fsp3) is 0.481. The lowest BCUT2D eigenvalue weighted by molar-refractivity contribution is 0.0985. The molecule has 3 rings (SSSR count). The van der Waals surface area contributed by atoms with E-state index >= 15 is 0 Å². The molecule has 0 saturated heterocycles. The third-order valence-electron chi connectivity index (χ3n) is 5.89. The molecule has 1 aromatic heterocycles. The van der Waals surface area contributed by atoms with E-state index in [0.29, 0.717) is 47.1 Å². The molecule has 9 nitrogen and oxygen atoms in total. The Labute approximate surface area is 248 Å². The van der Waals surface area contributed by atoms with Gasteiger partial charge in [-0.05, 0) is 62.3 Å². The molecular weight excluding hydrogens is 592 g/mol. The van der Waals surface area contributed by atoms with E-state index in [0.717, 1.165) is 6.26 Å². The fourth-order valence-corrected chi connectivity index (χ4v) is 7.75. The van der Waals surface area contributed by atoms with Crippen LogP contribution in [0.1, 0.15) is 38.1 Å². The molecule has 0 radical (unpaired) electrons. The van der Waals surface area contributed by atoms with E-state index in [1.165, 1.54) is 50.9 Å². The Bertz CT molecular complexity index is 1510. The molecule has 40 heavy (non-hydrogen) atoms. The Morgan fingerprint density at radius 2 is 1.48 bits per heavy atom. The number of aromatic nitrogens is 1. The summed E-state index contributed by atoms with van der Waals surface area (Å²) in [6.45, 7) is 9.60. The van der Waals surface area contributed by atoms with Crippen molar-refractivity contribution < 1.29 is 21.6 Å². The van der Waals surface area contributed by atoms with Crippen molar-refractivity contribution in [2.24, 2.45) is 11.8 Å². The van der Waals surface area contributed by atoms with Gasteiger partial charge in [0, 0.05) is 38.0 Å². The van der Waals surface area contributed by atoms with E-state index < -0.39 is 19.9 Å². The van der Waals surface area contributed by atoms with Crippen LogP contribution in [0.4, 0.5) is 5.13 Å². The van der Waals surface area contributed by atoms with E-state index in [-0.39, 0.29) is 39.9 Å². The molecule has 0 spiro atoms. The number of sulfone groups is 1. The number of thiazole rings is 1. The first kappa shape index (κ1) is 34.1. The molecule has 2 aromatic carbocycles. The largest absolute Gasteiger partial charge is 0.308 e. The van der Waals surface area contributed by atoms with Crippen LogP contribution in [0, 0.1) is 11.8 Å². The highest BCUT2D eigenvalue weighted by atomic mass is 35.5. The lowest BCUT2D eigenvalue weighted by Gasteiger charge is -2.26. The number of carbonyl (C=O) groups is 1. The second-order valence-electron chi connectivity index (χ2n) is 10.8. The zero-order chi connectivity index (χ0) is 29.1. The Morgan fingerprint density at radius 1 is 0.900 bits per heavy atom. The molecular formula is C27H39ClN4O5S3. The van der Waals surface area contributed by atoms with Crippen molar-refractivity contribution in [2.75, 3.05) is 51.4 Å². The van der Waals surface area contributed by atoms with Gasteiger partial charge in [-0.1, -0.05) is 45.1 Å². The van der Waals surface area contributed by atoms with E-state index in [2.05, 4.69) is 4.98 Å². The number of carbonyl (C=O) groups excluding carboxylic acids is 1. The third kappa shape index (κ3) is 8.23. The van der Waals surface area contributed by atoms with Crippen molar-refractivity contribution >= 4 is 64.9 Å². The maximum Gasteiger partial charge on any atom is 0.260 e. The standard InChI is InChI=1S/C27H38N4O5S3.ClH/c1-19(2)17-30(18-20(3)4)39(35,36)22-13-11-21(12-14-22)26(32)31(16-15-29(5)6)27-28-25-23(37-27)9-8-10-24(25)38(7,33)34;/h8-14,19-20H,15-18H2,1-7H3;1H.